The van der Waals surface area contributed by atoms with Gasteiger partial charge in [-0.3, -0.25) is 4.79 Å². The van der Waals surface area contributed by atoms with Crippen molar-refractivity contribution in [2.24, 2.45) is 5.92 Å². The number of pyridine rings is 1. The van der Waals surface area contributed by atoms with Crippen LogP contribution in [0.15, 0.2) is 42.6 Å². The lowest BCUT2D eigenvalue weighted by molar-refractivity contribution is -0.124. The van der Waals surface area contributed by atoms with Crippen molar-refractivity contribution in [1.29, 1.82) is 0 Å². The van der Waals surface area contributed by atoms with Crippen LogP contribution in [0, 0.1) is 5.92 Å². The minimum Gasteiger partial charge on any atom is -0.444 e. The molecule has 0 radical (unpaired) electrons. The van der Waals surface area contributed by atoms with E-state index in [0.717, 1.165) is 60.4 Å². The summed E-state index contributed by atoms with van der Waals surface area (Å²) in [5, 5.41) is 3.48. The molecule has 0 spiro atoms. The maximum Gasteiger partial charge on any atom is 0.410 e. The zero-order valence-corrected chi connectivity index (χ0v) is 24.4. The molecule has 1 fully saturated rings. The zero-order chi connectivity index (χ0) is 28.4. The molecule has 2 aromatic rings. The average molecular weight is 547 g/mol. The lowest BCUT2D eigenvalue weighted by Gasteiger charge is -2.33. The number of ether oxygens (including phenoxy) is 2. The third-order valence-electron chi connectivity index (χ3n) is 7.75. The molecule has 2 aliphatic heterocycles. The molecule has 0 saturated heterocycles. The molecule has 0 unspecified atom stereocenters. The summed E-state index contributed by atoms with van der Waals surface area (Å²) in [4.78, 5) is 34.9. The number of nitrogens with one attached hydrogen (secondary N) is 1. The highest BCUT2D eigenvalue weighted by atomic mass is 16.6. The van der Waals surface area contributed by atoms with Gasteiger partial charge in [0.2, 0.25) is 5.91 Å². The highest BCUT2D eigenvalue weighted by Crippen LogP contribution is 2.40. The second kappa shape index (κ2) is 11.6. The number of carbonyl (C=O) groups is 2. The van der Waals surface area contributed by atoms with Crippen LogP contribution in [0.25, 0.3) is 5.57 Å². The normalized spacial score (nSPS) is 21.1. The summed E-state index contributed by atoms with van der Waals surface area (Å²) in [6.45, 7) is 11.3. The summed E-state index contributed by atoms with van der Waals surface area (Å²) in [6, 6.07) is 10.2. The van der Waals surface area contributed by atoms with E-state index >= 15 is 0 Å². The van der Waals surface area contributed by atoms with Gasteiger partial charge in [0.1, 0.15) is 11.4 Å². The molecule has 1 aromatic heterocycles. The number of aromatic nitrogens is 1. The molecule has 5 rings (SSSR count). The quantitative estimate of drug-likeness (QED) is 0.461. The highest BCUT2D eigenvalue weighted by Gasteiger charge is 2.34. The van der Waals surface area contributed by atoms with Crippen molar-refractivity contribution >= 4 is 34.8 Å². The molecular weight excluding hydrogens is 504 g/mol. The first-order valence-electron chi connectivity index (χ1n) is 14.6. The molecule has 0 bridgehead atoms. The van der Waals surface area contributed by atoms with Crippen LogP contribution in [-0.4, -0.2) is 52.8 Å². The Morgan fingerprint density at radius 3 is 2.55 bits per heavy atom. The largest absolute Gasteiger partial charge is 0.444 e. The standard InChI is InChI=1S/C32H42N4O4/c1-21(2)39-26-11-8-23(9-12-26)30(37)36-20-25-7-6-16-33-29(25)34-27-13-10-24(19-28(27)36)22-14-17-35(18-15-22)31(38)40-32(3,4)5/h6-7,10,13-14,16,19,21,23,26H,8-9,11-12,15,17-18,20H2,1-5H3,(H,33,34)/t23-,26-. The van der Waals surface area contributed by atoms with Crippen molar-refractivity contribution in [2.75, 3.05) is 23.3 Å². The molecule has 1 aliphatic carbocycles. The summed E-state index contributed by atoms with van der Waals surface area (Å²) in [7, 11) is 0. The first-order chi connectivity index (χ1) is 19.1. The number of rotatable bonds is 4. The van der Waals surface area contributed by atoms with Crippen LogP contribution >= 0.6 is 0 Å². The fraction of sp³-hybridized carbons (Fsp3) is 0.531. The Hall–Kier alpha value is -3.39. The minimum atomic E-state index is -0.520. The molecule has 2 amide bonds. The second-order valence-corrected chi connectivity index (χ2v) is 12.4. The number of amides is 2. The first kappa shape index (κ1) is 28.1. The summed E-state index contributed by atoms with van der Waals surface area (Å²) >= 11 is 0. The molecule has 0 atom stereocenters. The monoisotopic (exact) mass is 546 g/mol. The van der Waals surface area contributed by atoms with Gasteiger partial charge >= 0.3 is 6.09 Å². The summed E-state index contributed by atoms with van der Waals surface area (Å²) in [5.41, 5.74) is 4.45. The van der Waals surface area contributed by atoms with Crippen LogP contribution in [0.4, 0.5) is 22.0 Å². The molecule has 1 aromatic carbocycles. The number of nitrogens with zero attached hydrogens (tertiary/aromatic N) is 3. The van der Waals surface area contributed by atoms with E-state index in [2.05, 4.69) is 42.4 Å². The molecule has 8 heteroatoms. The summed E-state index contributed by atoms with van der Waals surface area (Å²) in [5.74, 6) is 0.914. The van der Waals surface area contributed by atoms with Gasteiger partial charge in [0.05, 0.1) is 30.1 Å². The van der Waals surface area contributed by atoms with E-state index in [-0.39, 0.29) is 30.1 Å². The van der Waals surface area contributed by atoms with Crippen LogP contribution in [0.3, 0.4) is 0 Å². The van der Waals surface area contributed by atoms with Gasteiger partial charge in [-0.05, 0) is 96.1 Å². The van der Waals surface area contributed by atoms with Crippen molar-refractivity contribution in [2.45, 2.75) is 91.1 Å². The van der Waals surface area contributed by atoms with E-state index in [1.54, 1.807) is 11.1 Å². The molecule has 40 heavy (non-hydrogen) atoms. The van der Waals surface area contributed by atoms with Crippen LogP contribution in [0.5, 0.6) is 0 Å². The SMILES string of the molecule is CC(C)O[C@H]1CC[C@H](C(=O)N2Cc3cccnc3Nc3ccc(C4=CCN(C(=O)OC(C)(C)C)CC4)cc32)CC1. The van der Waals surface area contributed by atoms with Crippen LogP contribution in [0.2, 0.25) is 0 Å². The fourth-order valence-corrected chi connectivity index (χ4v) is 5.79. The van der Waals surface area contributed by atoms with E-state index < -0.39 is 5.60 Å². The maximum absolute atomic E-state index is 14.1. The van der Waals surface area contributed by atoms with Crippen molar-refractivity contribution in [1.82, 2.24) is 9.88 Å². The molecule has 214 valence electrons. The van der Waals surface area contributed by atoms with E-state index in [1.807, 2.05) is 43.9 Å². The number of hydrogen-bond acceptors (Lipinski definition) is 6. The molecule has 1 saturated carbocycles. The number of benzene rings is 1. The van der Waals surface area contributed by atoms with Crippen LogP contribution in [-0.2, 0) is 20.8 Å². The number of hydrogen-bond donors (Lipinski definition) is 1. The number of fused-ring (bicyclic) bond motifs is 2. The number of anilines is 3. The summed E-state index contributed by atoms with van der Waals surface area (Å²) < 4.78 is 11.6. The van der Waals surface area contributed by atoms with Gasteiger partial charge in [-0.25, -0.2) is 9.78 Å². The third-order valence-corrected chi connectivity index (χ3v) is 7.75. The predicted octanol–water partition coefficient (Wildman–Crippen LogP) is 6.68. The van der Waals surface area contributed by atoms with Crippen molar-refractivity contribution in [3.8, 4) is 0 Å². The van der Waals surface area contributed by atoms with Gasteiger partial charge in [-0.1, -0.05) is 18.2 Å². The Balaban J connectivity index is 1.39. The smallest absolute Gasteiger partial charge is 0.410 e. The van der Waals surface area contributed by atoms with Crippen LogP contribution in [0.1, 0.15) is 77.8 Å². The van der Waals surface area contributed by atoms with E-state index in [9.17, 15) is 9.59 Å². The van der Waals surface area contributed by atoms with Gasteiger partial charge in [0.25, 0.3) is 0 Å². The topological polar surface area (TPSA) is 84.0 Å². The second-order valence-electron chi connectivity index (χ2n) is 12.4. The van der Waals surface area contributed by atoms with Gasteiger partial charge < -0.3 is 24.6 Å². The van der Waals surface area contributed by atoms with Crippen molar-refractivity contribution in [3.63, 3.8) is 0 Å². The van der Waals surface area contributed by atoms with E-state index in [4.69, 9.17) is 9.47 Å². The average Bonchev–Trinajstić information content (AvgIpc) is 3.08. The highest BCUT2D eigenvalue weighted by molar-refractivity contribution is 6.00. The van der Waals surface area contributed by atoms with Gasteiger partial charge in [-0.15, -0.1) is 0 Å². The molecule has 1 N–H and O–H groups in total. The Bertz CT molecular complexity index is 1270. The molecule has 3 aliphatic rings. The summed E-state index contributed by atoms with van der Waals surface area (Å²) in [6.07, 6.45) is 8.23. The van der Waals surface area contributed by atoms with Gasteiger partial charge in [-0.2, -0.15) is 0 Å². The predicted molar refractivity (Wildman–Crippen MR) is 158 cm³/mol. The number of carbonyl (C=O) groups excluding carboxylic acids is 2. The fourth-order valence-electron chi connectivity index (χ4n) is 5.79. The Kier molecular flexibility index (Phi) is 8.17. The van der Waals surface area contributed by atoms with E-state index in [1.165, 1.54) is 5.57 Å². The molecular formula is C32H42N4O4. The first-order valence-corrected chi connectivity index (χ1v) is 14.6. The molecule has 3 heterocycles. The zero-order valence-electron chi connectivity index (χ0n) is 24.4. The molecule has 8 nitrogen and oxygen atoms in total. The van der Waals surface area contributed by atoms with Crippen molar-refractivity contribution in [3.05, 3.63) is 53.7 Å². The lowest BCUT2D eigenvalue weighted by atomic mass is 9.86. The Morgan fingerprint density at radius 1 is 1.10 bits per heavy atom. The Labute approximate surface area is 237 Å². The van der Waals surface area contributed by atoms with Crippen LogP contribution < -0.4 is 10.2 Å². The third kappa shape index (κ3) is 6.49. The Morgan fingerprint density at radius 2 is 1.88 bits per heavy atom. The lowest BCUT2D eigenvalue weighted by Crippen LogP contribution is -2.39. The van der Waals surface area contributed by atoms with Gasteiger partial charge in [0, 0.05) is 30.8 Å². The minimum absolute atomic E-state index is 0.0296. The van der Waals surface area contributed by atoms with E-state index in [0.29, 0.717) is 19.6 Å². The van der Waals surface area contributed by atoms with Gasteiger partial charge in [0.15, 0.2) is 0 Å². The maximum atomic E-state index is 14.1. The van der Waals surface area contributed by atoms with Crippen molar-refractivity contribution < 1.29 is 19.1 Å².